The number of methoxy groups -OCH3 is 1. The quantitative estimate of drug-likeness (QED) is 0.247. The number of rotatable bonds is 3. The Morgan fingerprint density at radius 2 is 1.19 bits per heavy atom. The van der Waals surface area contributed by atoms with Gasteiger partial charge in [-0.2, -0.15) is 0 Å². The minimum Gasteiger partial charge on any atom is -0.459 e. The standard InChI is InChI=1S/C62H90O19/c1-28-16-34-8-10-38-29(2)17-36(67-38)12-14-60-15-13-40(76-60)57-58(66-7)59(81-60)56-39(72-57)11-9-35(69-56)18-51(65)75-55-33(6)54-47(71-46(55)19-41(68-34)32(28)5)22-45-49(74-54)25-62(77-45)26-50-53(80-62)31(4)24-61(79-50)23-30(3)52-48(78-61)21-43-44(73-52)20-42(70-43)37(64)27-63/h28,30-31,33-50,52-59,63-64H,2,5,8-27H2,1,3-4,6-7H3/t28-,30+,31+,33+,34+,35-,36+,37+,38+,39+,40?,41-,42+,43-,44-,45-,46+,47+,48+,49-,50+,52+,53+,54+,55-,56+,57+,58-,59+,60+,61-,62+/m1/s1. The molecule has 0 radical (unpaired) electrons. The van der Waals surface area contributed by atoms with Crippen molar-refractivity contribution >= 4 is 5.97 Å². The lowest BCUT2D eigenvalue weighted by Crippen LogP contribution is -2.64. The summed E-state index contributed by atoms with van der Waals surface area (Å²) in [6.45, 7) is 17.6. The van der Waals surface area contributed by atoms with E-state index in [1.165, 1.54) is 0 Å². The summed E-state index contributed by atoms with van der Waals surface area (Å²) in [6.07, 6.45) is 4.74. The van der Waals surface area contributed by atoms with Crippen LogP contribution in [0, 0.1) is 23.7 Å². The van der Waals surface area contributed by atoms with Gasteiger partial charge in [-0.3, -0.25) is 4.79 Å². The number of carbonyl (C=O) groups is 1. The van der Waals surface area contributed by atoms with Crippen molar-refractivity contribution < 1.29 is 90.8 Å². The van der Waals surface area contributed by atoms with E-state index in [0.29, 0.717) is 70.6 Å². The number of fused-ring (bicyclic) bond motifs is 14. The Morgan fingerprint density at radius 3 is 2.02 bits per heavy atom. The minimum absolute atomic E-state index is 0.0152. The molecule has 0 aliphatic carbocycles. The van der Waals surface area contributed by atoms with Gasteiger partial charge in [-0.15, -0.1) is 0 Å². The van der Waals surface area contributed by atoms with E-state index in [1.54, 1.807) is 7.11 Å². The monoisotopic (exact) mass is 1140 g/mol. The van der Waals surface area contributed by atoms with Gasteiger partial charge in [0.25, 0.3) is 0 Å². The lowest BCUT2D eigenvalue weighted by atomic mass is 9.78. The van der Waals surface area contributed by atoms with Crippen molar-refractivity contribution in [2.24, 2.45) is 23.7 Å². The molecule has 0 saturated carbocycles. The molecule has 15 fully saturated rings. The van der Waals surface area contributed by atoms with Crippen molar-refractivity contribution in [2.45, 2.75) is 320 Å². The van der Waals surface area contributed by atoms with Crippen LogP contribution < -0.4 is 0 Å². The molecule has 10 bridgehead atoms. The number of carbonyl (C=O) groups excluding carboxylic acids is 1. The molecular formula is C62H90O19. The molecule has 2 N–H and O–H groups in total. The van der Waals surface area contributed by atoms with Crippen LogP contribution in [0.15, 0.2) is 24.3 Å². The zero-order valence-electron chi connectivity index (χ0n) is 48.1. The van der Waals surface area contributed by atoms with E-state index < -0.39 is 60.1 Å². The molecule has 3 spiro atoms. The minimum atomic E-state index is -0.942. The lowest BCUT2D eigenvalue weighted by Gasteiger charge is -2.54. The fraction of sp³-hybridized carbons (Fsp3) is 0.919. The normalized spacial score (nSPS) is 57.0. The highest BCUT2D eigenvalue weighted by atomic mass is 16.8. The predicted octanol–water partition coefficient (Wildman–Crippen LogP) is 5.97. The van der Waals surface area contributed by atoms with Gasteiger partial charge in [0.05, 0.1) is 129 Å². The maximum atomic E-state index is 14.6. The third-order valence-electron chi connectivity index (χ3n) is 22.6. The van der Waals surface area contributed by atoms with Gasteiger partial charge in [0.2, 0.25) is 0 Å². The maximum Gasteiger partial charge on any atom is 0.308 e. The van der Waals surface area contributed by atoms with Crippen molar-refractivity contribution in [1.29, 1.82) is 0 Å². The molecule has 15 rings (SSSR count). The molecule has 0 amide bonds. The van der Waals surface area contributed by atoms with Crippen molar-refractivity contribution in [3.63, 3.8) is 0 Å². The van der Waals surface area contributed by atoms with E-state index >= 15 is 0 Å². The van der Waals surface area contributed by atoms with Crippen molar-refractivity contribution in [1.82, 2.24) is 0 Å². The fourth-order valence-corrected chi connectivity index (χ4v) is 18.6. The number of aliphatic hydroxyl groups excluding tert-OH is 2. The van der Waals surface area contributed by atoms with Crippen LogP contribution >= 0.6 is 0 Å². The number of ether oxygens (including phenoxy) is 16. The Morgan fingerprint density at radius 1 is 0.519 bits per heavy atom. The summed E-state index contributed by atoms with van der Waals surface area (Å²) in [7, 11) is 1.71. The largest absolute Gasteiger partial charge is 0.459 e. The molecule has 15 aliphatic heterocycles. The summed E-state index contributed by atoms with van der Waals surface area (Å²) in [5, 5.41) is 20.0. The molecule has 15 heterocycles. The van der Waals surface area contributed by atoms with Gasteiger partial charge >= 0.3 is 5.97 Å². The van der Waals surface area contributed by atoms with Crippen LogP contribution in [0.5, 0.6) is 0 Å². The van der Waals surface area contributed by atoms with Gasteiger partial charge in [0.1, 0.15) is 36.6 Å². The van der Waals surface area contributed by atoms with Gasteiger partial charge in [0.15, 0.2) is 17.4 Å². The smallest absolute Gasteiger partial charge is 0.308 e. The molecule has 19 nitrogen and oxygen atoms in total. The Kier molecular flexibility index (Phi) is 14.7. The zero-order chi connectivity index (χ0) is 55.4. The van der Waals surface area contributed by atoms with E-state index in [1.807, 2.05) is 0 Å². The van der Waals surface area contributed by atoms with Crippen molar-refractivity contribution in [2.75, 3.05) is 13.7 Å². The molecule has 15 saturated heterocycles. The van der Waals surface area contributed by atoms with E-state index in [9.17, 15) is 15.0 Å². The molecule has 15 aliphatic rings. The molecule has 0 aromatic carbocycles. The van der Waals surface area contributed by atoms with Gasteiger partial charge in [0, 0.05) is 77.2 Å². The van der Waals surface area contributed by atoms with E-state index in [4.69, 9.17) is 75.8 Å². The average Bonchev–Trinajstić information content (AvgIpc) is 4.37. The van der Waals surface area contributed by atoms with Crippen LogP contribution in [-0.2, 0) is 80.6 Å². The molecule has 81 heavy (non-hydrogen) atoms. The lowest BCUT2D eigenvalue weighted by molar-refractivity contribution is -0.369. The summed E-state index contributed by atoms with van der Waals surface area (Å²) in [5.41, 5.74) is 2.16. The maximum absolute atomic E-state index is 14.6. The molecule has 1 unspecified atom stereocenters. The number of hydrogen-bond acceptors (Lipinski definition) is 19. The van der Waals surface area contributed by atoms with Crippen LogP contribution in [0.2, 0.25) is 0 Å². The zero-order valence-corrected chi connectivity index (χ0v) is 48.1. The highest BCUT2D eigenvalue weighted by Crippen LogP contribution is 2.57. The van der Waals surface area contributed by atoms with Crippen molar-refractivity contribution in [3.8, 4) is 0 Å². The van der Waals surface area contributed by atoms with Crippen LogP contribution in [-0.4, -0.2) is 200 Å². The predicted molar refractivity (Wildman–Crippen MR) is 283 cm³/mol. The number of esters is 1. The molecule has 0 aromatic heterocycles. The Balaban J connectivity index is 0.656. The van der Waals surface area contributed by atoms with E-state index in [-0.39, 0.29) is 153 Å². The number of hydrogen-bond donors (Lipinski definition) is 2. The van der Waals surface area contributed by atoms with Crippen LogP contribution in [0.1, 0.15) is 150 Å². The van der Waals surface area contributed by atoms with Gasteiger partial charge < -0.3 is 86.0 Å². The SMILES string of the molecule is C=C1C[C@@H]2CC[C@]34CCC(O3)[C@@H]3O[C@H]5CC[C@H](CC(=O)O[C@@H]6[C@@H](C)[C@@H]7O[C@@H]8C[C@]9(C[C@@H]%10O[C@]%11(C[C@H](C)[C@@H]%12O[C@@H]%13C[C@@H]([C@@H](O)CO)O[C@@H]%13C[C@@H]%12O%11)C[C@H](C)[C@@H]%10O9)O[C@@H]8C[C@@H]7O[C@H]6C[C@H]6O[C@@H](CC[C@@H]1O2)C[C@@H](C)C6=C)O[C@@H]5[C@H](O4)[C@@H]3OC. The van der Waals surface area contributed by atoms with Crippen LogP contribution in [0.4, 0.5) is 0 Å². The van der Waals surface area contributed by atoms with E-state index in [2.05, 4.69) is 40.9 Å². The molecule has 0 aromatic rings. The first-order valence-electron chi connectivity index (χ1n) is 31.7. The summed E-state index contributed by atoms with van der Waals surface area (Å²) in [4.78, 5) is 14.6. The average molecular weight is 1140 g/mol. The molecular weight excluding hydrogens is 1050 g/mol. The second kappa shape index (κ2) is 21.3. The highest BCUT2D eigenvalue weighted by molar-refractivity contribution is 5.70. The first-order chi connectivity index (χ1) is 39.0. The Bertz CT molecular complexity index is 2380. The molecule has 32 atom stereocenters. The third-order valence-corrected chi connectivity index (χ3v) is 22.6. The molecule has 19 heteroatoms. The van der Waals surface area contributed by atoms with Gasteiger partial charge in [-0.05, 0) is 80.3 Å². The summed E-state index contributed by atoms with van der Waals surface area (Å²) in [6, 6.07) is 0. The topological polar surface area (TPSA) is 205 Å². The summed E-state index contributed by atoms with van der Waals surface area (Å²) < 4.78 is 110. The highest BCUT2D eigenvalue weighted by Gasteiger charge is 2.66. The second-order valence-corrected chi connectivity index (χ2v) is 28.1. The fourth-order valence-electron chi connectivity index (χ4n) is 18.6. The summed E-state index contributed by atoms with van der Waals surface area (Å²) in [5.74, 6) is -2.61. The Labute approximate surface area is 476 Å². The Hall–Kier alpha value is -1.73. The second-order valence-electron chi connectivity index (χ2n) is 28.1. The first-order valence-corrected chi connectivity index (χ1v) is 31.7. The van der Waals surface area contributed by atoms with Crippen LogP contribution in [0.25, 0.3) is 0 Å². The first kappa shape index (κ1) is 55.8. The van der Waals surface area contributed by atoms with Gasteiger partial charge in [-0.1, -0.05) is 40.9 Å². The van der Waals surface area contributed by atoms with E-state index in [0.717, 1.165) is 56.1 Å². The number of aliphatic hydroxyl groups is 2. The van der Waals surface area contributed by atoms with Crippen LogP contribution in [0.3, 0.4) is 0 Å². The molecule has 452 valence electrons. The van der Waals surface area contributed by atoms with Crippen molar-refractivity contribution in [3.05, 3.63) is 24.3 Å². The third kappa shape index (κ3) is 9.92. The van der Waals surface area contributed by atoms with Gasteiger partial charge in [-0.25, -0.2) is 0 Å². The summed E-state index contributed by atoms with van der Waals surface area (Å²) >= 11 is 0.